The first-order chi connectivity index (χ1) is 16.2. The number of allylic oxidation sites excluding steroid dienone is 1. The molecule has 3 aromatic rings. The number of rotatable bonds is 9. The molecular weight excluding hydrogens is 412 g/mol. The topological polar surface area (TPSA) is 72.2 Å². The van der Waals surface area contributed by atoms with Gasteiger partial charge in [-0.15, -0.1) is 12.3 Å². The molecule has 33 heavy (non-hydrogen) atoms. The Morgan fingerprint density at radius 1 is 1.27 bits per heavy atom. The zero-order valence-electron chi connectivity index (χ0n) is 18.7. The predicted molar refractivity (Wildman–Crippen MR) is 130 cm³/mol. The maximum atomic E-state index is 9.98. The summed E-state index contributed by atoms with van der Waals surface area (Å²) in [6.45, 7) is 3.28. The van der Waals surface area contributed by atoms with Crippen molar-refractivity contribution in [1.29, 1.82) is 0 Å². The Bertz CT molecular complexity index is 1190. The second-order valence-corrected chi connectivity index (χ2v) is 7.93. The van der Waals surface area contributed by atoms with Gasteiger partial charge in [-0.05, 0) is 35.8 Å². The fourth-order valence-electron chi connectivity index (χ4n) is 3.91. The van der Waals surface area contributed by atoms with E-state index in [4.69, 9.17) is 16.1 Å². The molecule has 0 radical (unpaired) electrons. The van der Waals surface area contributed by atoms with E-state index in [9.17, 15) is 5.11 Å². The monoisotopic (exact) mass is 440 g/mol. The number of aromatic nitrogens is 3. The molecule has 2 aromatic heterocycles. The van der Waals surface area contributed by atoms with Crippen LogP contribution in [-0.4, -0.2) is 39.4 Å². The summed E-state index contributed by atoms with van der Waals surface area (Å²) >= 11 is 0. The highest BCUT2D eigenvalue weighted by atomic mass is 16.5. The average Bonchev–Trinajstić information content (AvgIpc) is 3.49. The first kappa shape index (κ1) is 22.4. The molecular formula is C27H28N4O2. The molecule has 1 atom stereocenters. The van der Waals surface area contributed by atoms with E-state index in [1.54, 1.807) is 0 Å². The molecule has 0 amide bonds. The van der Waals surface area contributed by atoms with Crippen molar-refractivity contribution in [3.63, 3.8) is 0 Å². The third kappa shape index (κ3) is 5.33. The van der Waals surface area contributed by atoms with Gasteiger partial charge in [0.1, 0.15) is 11.6 Å². The molecule has 1 unspecified atom stereocenters. The summed E-state index contributed by atoms with van der Waals surface area (Å²) in [5.74, 6) is 4.81. The van der Waals surface area contributed by atoms with Gasteiger partial charge in [0.2, 0.25) is 5.95 Å². The summed E-state index contributed by atoms with van der Waals surface area (Å²) in [5.41, 5.74) is 4.24. The fourth-order valence-corrected chi connectivity index (χ4v) is 3.91. The van der Waals surface area contributed by atoms with E-state index >= 15 is 0 Å². The van der Waals surface area contributed by atoms with Gasteiger partial charge in [-0.3, -0.25) is 0 Å². The minimum atomic E-state index is -0.0798. The van der Waals surface area contributed by atoms with Crippen LogP contribution in [0.25, 0.3) is 5.82 Å². The maximum Gasteiger partial charge on any atom is 0.224 e. The van der Waals surface area contributed by atoms with Crippen molar-refractivity contribution in [3.8, 4) is 18.2 Å². The first-order valence-electron chi connectivity index (χ1n) is 11.1. The predicted octanol–water partition coefficient (Wildman–Crippen LogP) is 4.37. The van der Waals surface area contributed by atoms with Crippen LogP contribution in [0, 0.1) is 19.3 Å². The summed E-state index contributed by atoms with van der Waals surface area (Å²) in [6, 6.07) is 12.0. The zero-order valence-corrected chi connectivity index (χ0v) is 18.7. The Morgan fingerprint density at radius 2 is 2.12 bits per heavy atom. The largest absolute Gasteiger partial charge is 0.493 e. The third-order valence-electron chi connectivity index (χ3n) is 5.66. The molecule has 4 rings (SSSR count). The summed E-state index contributed by atoms with van der Waals surface area (Å²) in [6.07, 6.45) is 16.7. The highest BCUT2D eigenvalue weighted by molar-refractivity contribution is 5.41. The van der Waals surface area contributed by atoms with Crippen molar-refractivity contribution in [2.75, 3.05) is 25.1 Å². The number of hydrogen-bond donors (Lipinski definition) is 2. The number of hydrogen-bond acceptors (Lipinski definition) is 5. The van der Waals surface area contributed by atoms with E-state index in [1.807, 2.05) is 78.6 Å². The minimum absolute atomic E-state index is 0.0408. The van der Waals surface area contributed by atoms with Crippen molar-refractivity contribution < 1.29 is 9.84 Å². The summed E-state index contributed by atoms with van der Waals surface area (Å²) in [5, 5.41) is 13.2. The number of ether oxygens (including phenoxy) is 1. The summed E-state index contributed by atoms with van der Waals surface area (Å²) in [4.78, 5) is 9.11. The molecule has 168 valence electrons. The highest BCUT2D eigenvalue weighted by Crippen LogP contribution is 2.26. The van der Waals surface area contributed by atoms with Crippen LogP contribution in [0.1, 0.15) is 35.4 Å². The van der Waals surface area contributed by atoms with Crippen molar-refractivity contribution in [1.82, 2.24) is 14.5 Å². The standard InChI is InChI=1S/C27H28N4O2/c1-3-8-22-13-16-33-25(22)11-7-14-28-27-29-17-20(2)26(30-27)31-15-12-23(18-31)24(19-32)21-9-5-4-6-10-21/h1,4-7,9-12,15,17-18,24,32H,8,13-14,16,19H2,2H3,(H,28,29,30)/b11-7-. The Hall–Kier alpha value is -3.82. The quantitative estimate of drug-likeness (QED) is 0.484. The van der Waals surface area contributed by atoms with Gasteiger partial charge >= 0.3 is 0 Å². The van der Waals surface area contributed by atoms with E-state index in [0.717, 1.165) is 34.7 Å². The van der Waals surface area contributed by atoms with Crippen molar-refractivity contribution in [2.45, 2.75) is 25.7 Å². The van der Waals surface area contributed by atoms with Crippen LogP contribution in [0.15, 0.2) is 78.5 Å². The molecule has 1 aliphatic rings. The molecule has 2 N–H and O–H groups in total. The number of terminal acetylenes is 1. The Balaban J connectivity index is 1.46. The molecule has 1 aliphatic heterocycles. The minimum Gasteiger partial charge on any atom is -0.493 e. The second kappa shape index (κ2) is 10.7. The van der Waals surface area contributed by atoms with Crippen molar-refractivity contribution >= 4 is 5.95 Å². The van der Waals surface area contributed by atoms with Crippen LogP contribution < -0.4 is 5.32 Å². The number of anilines is 1. The van der Waals surface area contributed by atoms with E-state index < -0.39 is 0 Å². The third-order valence-corrected chi connectivity index (χ3v) is 5.66. The van der Waals surface area contributed by atoms with Gasteiger partial charge in [-0.1, -0.05) is 36.4 Å². The molecule has 0 saturated heterocycles. The van der Waals surface area contributed by atoms with Crippen molar-refractivity contribution in [2.24, 2.45) is 0 Å². The average molecular weight is 441 g/mol. The Morgan fingerprint density at radius 3 is 2.91 bits per heavy atom. The van der Waals surface area contributed by atoms with Gasteiger partial charge < -0.3 is 19.7 Å². The lowest BCUT2D eigenvalue weighted by Crippen LogP contribution is -2.08. The van der Waals surface area contributed by atoms with Crippen LogP contribution in [-0.2, 0) is 4.74 Å². The SMILES string of the molecule is C#CCC1=C(/C=C\CNc2ncc(C)c(-n3ccc(C(CO)c4ccccc4)c3)n2)OCC1. The molecule has 6 heteroatoms. The second-order valence-electron chi connectivity index (χ2n) is 7.93. The fraction of sp³-hybridized carbons (Fsp3) is 0.259. The highest BCUT2D eigenvalue weighted by Gasteiger charge is 2.16. The molecule has 0 aliphatic carbocycles. The number of aliphatic hydroxyl groups is 1. The van der Waals surface area contributed by atoms with Crippen LogP contribution in [0.5, 0.6) is 0 Å². The van der Waals surface area contributed by atoms with Crippen molar-refractivity contribution in [3.05, 3.63) is 95.2 Å². The molecule has 0 saturated carbocycles. The number of nitrogens with zero attached hydrogens (tertiary/aromatic N) is 3. The lowest BCUT2D eigenvalue weighted by Gasteiger charge is -2.13. The van der Waals surface area contributed by atoms with E-state index in [1.165, 1.54) is 5.57 Å². The Labute approximate surface area is 194 Å². The number of aryl methyl sites for hydroxylation is 1. The van der Waals surface area contributed by atoms with E-state index in [2.05, 4.69) is 16.2 Å². The Kier molecular flexibility index (Phi) is 7.23. The van der Waals surface area contributed by atoms with E-state index in [-0.39, 0.29) is 12.5 Å². The first-order valence-corrected chi connectivity index (χ1v) is 11.1. The van der Waals surface area contributed by atoms with Crippen LogP contribution >= 0.6 is 0 Å². The smallest absolute Gasteiger partial charge is 0.224 e. The molecule has 3 heterocycles. The number of benzene rings is 1. The van der Waals surface area contributed by atoms with Gasteiger partial charge in [0.15, 0.2) is 0 Å². The van der Waals surface area contributed by atoms with Gasteiger partial charge in [-0.2, -0.15) is 4.98 Å². The number of aliphatic hydroxyl groups excluding tert-OH is 1. The number of nitrogens with one attached hydrogen (secondary N) is 1. The molecule has 0 fully saturated rings. The lowest BCUT2D eigenvalue weighted by atomic mass is 9.94. The van der Waals surface area contributed by atoms with Gasteiger partial charge in [0, 0.05) is 49.5 Å². The van der Waals surface area contributed by atoms with E-state index in [0.29, 0.717) is 25.5 Å². The van der Waals surface area contributed by atoms with Crippen LogP contribution in [0.4, 0.5) is 5.95 Å². The lowest BCUT2D eigenvalue weighted by molar-refractivity contribution is 0.257. The zero-order chi connectivity index (χ0) is 23.0. The maximum absolute atomic E-state index is 9.98. The van der Waals surface area contributed by atoms with Gasteiger partial charge in [-0.25, -0.2) is 4.98 Å². The van der Waals surface area contributed by atoms with Gasteiger partial charge in [0.05, 0.1) is 13.2 Å². The summed E-state index contributed by atoms with van der Waals surface area (Å²) < 4.78 is 7.62. The van der Waals surface area contributed by atoms with Gasteiger partial charge in [0.25, 0.3) is 0 Å². The summed E-state index contributed by atoms with van der Waals surface area (Å²) in [7, 11) is 0. The normalized spacial score (nSPS) is 14.3. The molecule has 6 nitrogen and oxygen atoms in total. The molecule has 0 spiro atoms. The molecule has 0 bridgehead atoms. The van der Waals surface area contributed by atoms with Crippen LogP contribution in [0.2, 0.25) is 0 Å². The molecule has 1 aromatic carbocycles. The van der Waals surface area contributed by atoms with Crippen LogP contribution in [0.3, 0.4) is 0 Å².